The van der Waals surface area contributed by atoms with Gasteiger partial charge in [-0.15, -0.1) is 0 Å². The van der Waals surface area contributed by atoms with E-state index in [1.165, 1.54) is 5.56 Å². The zero-order chi connectivity index (χ0) is 13.4. The van der Waals surface area contributed by atoms with Crippen molar-refractivity contribution in [2.24, 2.45) is 10.9 Å². The molecule has 0 aromatic heterocycles. The molecule has 1 rings (SSSR count). The number of oxime groups is 1. The van der Waals surface area contributed by atoms with Crippen molar-refractivity contribution in [3.63, 3.8) is 0 Å². The Labute approximate surface area is 113 Å². The fraction of sp³-hybridized carbons (Fsp3) is 0.462. The molecule has 1 aromatic carbocycles. The molecule has 18 heavy (non-hydrogen) atoms. The maximum Gasteiger partial charge on any atom is 0.139 e. The van der Waals surface area contributed by atoms with Crippen LogP contribution in [0.4, 0.5) is 0 Å². The monoisotopic (exact) mass is 269 g/mol. The van der Waals surface area contributed by atoms with Gasteiger partial charge >= 0.3 is 0 Å². The molecule has 4 N–H and O–H groups in total. The molecule has 0 spiro atoms. The van der Waals surface area contributed by atoms with E-state index in [9.17, 15) is 0 Å². The first kappa shape index (κ1) is 14.8. The summed E-state index contributed by atoms with van der Waals surface area (Å²) in [5.41, 5.74) is 6.57. The average Bonchev–Trinajstić information content (AvgIpc) is 2.37. The van der Waals surface area contributed by atoms with Gasteiger partial charge in [-0.05, 0) is 44.0 Å². The highest BCUT2D eigenvalue weighted by molar-refractivity contribution is 6.30. The van der Waals surface area contributed by atoms with E-state index in [0.717, 1.165) is 24.4 Å². The second kappa shape index (κ2) is 7.95. The minimum absolute atomic E-state index is 0.271. The van der Waals surface area contributed by atoms with Crippen LogP contribution < -0.4 is 11.1 Å². The largest absolute Gasteiger partial charge is 0.409 e. The molecular weight excluding hydrogens is 250 g/mol. The van der Waals surface area contributed by atoms with Crippen LogP contribution in [0.2, 0.25) is 5.02 Å². The summed E-state index contributed by atoms with van der Waals surface area (Å²) in [6.07, 6.45) is 2.52. The van der Waals surface area contributed by atoms with Gasteiger partial charge in [-0.25, -0.2) is 0 Å². The first-order valence-corrected chi connectivity index (χ1v) is 6.46. The van der Waals surface area contributed by atoms with Gasteiger partial charge in [0.1, 0.15) is 5.84 Å². The maximum absolute atomic E-state index is 8.39. The molecule has 0 saturated heterocycles. The highest BCUT2D eigenvalue weighted by Gasteiger charge is 2.04. The lowest BCUT2D eigenvalue weighted by Gasteiger charge is -2.14. The van der Waals surface area contributed by atoms with Crippen molar-refractivity contribution in [3.8, 4) is 0 Å². The molecule has 0 aliphatic heterocycles. The number of halogens is 1. The van der Waals surface area contributed by atoms with Crippen LogP contribution in [0.3, 0.4) is 0 Å². The molecule has 0 aliphatic carbocycles. The van der Waals surface area contributed by atoms with Crippen LogP contribution in [-0.2, 0) is 0 Å². The third-order valence-electron chi connectivity index (χ3n) is 2.79. The van der Waals surface area contributed by atoms with Crippen LogP contribution in [0, 0.1) is 0 Å². The molecule has 0 bridgehead atoms. The Morgan fingerprint density at radius 3 is 2.94 bits per heavy atom. The van der Waals surface area contributed by atoms with Gasteiger partial charge in [-0.2, -0.15) is 0 Å². The van der Waals surface area contributed by atoms with E-state index < -0.39 is 0 Å². The van der Waals surface area contributed by atoms with Gasteiger partial charge in [-0.3, -0.25) is 0 Å². The molecule has 1 atom stereocenters. The molecule has 4 nitrogen and oxygen atoms in total. The molecule has 0 amide bonds. The van der Waals surface area contributed by atoms with Gasteiger partial charge in [0, 0.05) is 17.5 Å². The Morgan fingerprint density at radius 1 is 1.50 bits per heavy atom. The van der Waals surface area contributed by atoms with Gasteiger partial charge in [-0.1, -0.05) is 28.9 Å². The Bertz CT molecular complexity index is 396. The molecule has 0 radical (unpaired) electrons. The lowest BCUT2D eigenvalue weighted by molar-refractivity contribution is 0.316. The van der Waals surface area contributed by atoms with Gasteiger partial charge in [0.05, 0.1) is 0 Å². The summed E-state index contributed by atoms with van der Waals surface area (Å²) in [5.74, 6) is 0.290. The third kappa shape index (κ3) is 5.38. The summed E-state index contributed by atoms with van der Waals surface area (Å²) in [5, 5.41) is 15.5. The van der Waals surface area contributed by atoms with Crippen molar-refractivity contribution in [1.82, 2.24) is 5.32 Å². The Morgan fingerprint density at radius 2 is 2.28 bits per heavy atom. The molecule has 100 valence electrons. The SMILES string of the molecule is C[C@@H](NCCCC/C(N)=N/O)c1cccc(Cl)c1. The predicted molar refractivity (Wildman–Crippen MR) is 75.1 cm³/mol. The number of nitrogens with one attached hydrogen (secondary N) is 1. The van der Waals surface area contributed by atoms with E-state index in [1.54, 1.807) is 0 Å². The molecule has 0 fully saturated rings. The van der Waals surface area contributed by atoms with E-state index >= 15 is 0 Å². The lowest BCUT2D eigenvalue weighted by atomic mass is 10.1. The van der Waals surface area contributed by atoms with Gasteiger partial charge in [0.2, 0.25) is 0 Å². The van der Waals surface area contributed by atoms with Crippen LogP contribution in [-0.4, -0.2) is 17.6 Å². The Hall–Kier alpha value is -1.26. The standard InChI is InChI=1S/C13H20ClN3O/c1-10(11-5-4-6-12(14)9-11)16-8-3-2-7-13(15)17-18/h4-6,9-10,16,18H,2-3,7-8H2,1H3,(H2,15,17)/t10-/m1/s1. The zero-order valence-electron chi connectivity index (χ0n) is 10.6. The molecule has 1 aromatic rings. The van der Waals surface area contributed by atoms with Gasteiger partial charge < -0.3 is 16.3 Å². The zero-order valence-corrected chi connectivity index (χ0v) is 11.3. The van der Waals surface area contributed by atoms with Crippen LogP contribution >= 0.6 is 11.6 Å². The van der Waals surface area contributed by atoms with Crippen LogP contribution in [0.25, 0.3) is 0 Å². The van der Waals surface area contributed by atoms with Crippen LogP contribution in [0.15, 0.2) is 29.4 Å². The number of hydrogen-bond acceptors (Lipinski definition) is 3. The van der Waals surface area contributed by atoms with Crippen molar-refractivity contribution < 1.29 is 5.21 Å². The number of rotatable bonds is 7. The Kier molecular flexibility index (Phi) is 6.54. The summed E-state index contributed by atoms with van der Waals surface area (Å²) in [6, 6.07) is 8.12. The summed E-state index contributed by atoms with van der Waals surface area (Å²) in [6.45, 7) is 3.00. The summed E-state index contributed by atoms with van der Waals surface area (Å²) >= 11 is 5.94. The van der Waals surface area contributed by atoms with Crippen molar-refractivity contribution in [2.75, 3.05) is 6.54 Å². The summed E-state index contributed by atoms with van der Waals surface area (Å²) < 4.78 is 0. The van der Waals surface area contributed by atoms with E-state index in [0.29, 0.717) is 6.42 Å². The van der Waals surface area contributed by atoms with E-state index in [4.69, 9.17) is 22.5 Å². The molecule has 0 aliphatic rings. The smallest absolute Gasteiger partial charge is 0.139 e. The topological polar surface area (TPSA) is 70.6 Å². The first-order valence-electron chi connectivity index (χ1n) is 6.08. The molecule has 0 saturated carbocycles. The second-order valence-corrected chi connectivity index (χ2v) is 4.72. The quantitative estimate of drug-likeness (QED) is 0.234. The number of unbranched alkanes of at least 4 members (excludes halogenated alkanes) is 1. The molecule has 0 heterocycles. The fourth-order valence-electron chi connectivity index (χ4n) is 1.69. The highest BCUT2D eigenvalue weighted by Crippen LogP contribution is 2.17. The molecular formula is C13H20ClN3O. The lowest BCUT2D eigenvalue weighted by Crippen LogP contribution is -2.20. The van der Waals surface area contributed by atoms with E-state index in [1.807, 2.05) is 18.2 Å². The van der Waals surface area contributed by atoms with Crippen molar-refractivity contribution >= 4 is 17.4 Å². The third-order valence-corrected chi connectivity index (χ3v) is 3.02. The van der Waals surface area contributed by atoms with Crippen molar-refractivity contribution in [1.29, 1.82) is 0 Å². The predicted octanol–water partition coefficient (Wildman–Crippen LogP) is 2.91. The van der Waals surface area contributed by atoms with Crippen LogP contribution in [0.5, 0.6) is 0 Å². The summed E-state index contributed by atoms with van der Waals surface area (Å²) in [4.78, 5) is 0. The normalized spacial score (nSPS) is 13.6. The average molecular weight is 270 g/mol. The Balaban J connectivity index is 2.23. The van der Waals surface area contributed by atoms with E-state index in [-0.39, 0.29) is 11.9 Å². The number of nitrogens with two attached hydrogens (primary N) is 1. The number of benzene rings is 1. The van der Waals surface area contributed by atoms with Gasteiger partial charge in [0.15, 0.2) is 0 Å². The van der Waals surface area contributed by atoms with Crippen molar-refractivity contribution in [3.05, 3.63) is 34.9 Å². The second-order valence-electron chi connectivity index (χ2n) is 4.28. The minimum Gasteiger partial charge on any atom is -0.409 e. The molecule has 0 unspecified atom stereocenters. The number of hydrogen-bond donors (Lipinski definition) is 3. The molecule has 5 heteroatoms. The highest BCUT2D eigenvalue weighted by atomic mass is 35.5. The van der Waals surface area contributed by atoms with Crippen LogP contribution in [0.1, 0.15) is 37.8 Å². The van der Waals surface area contributed by atoms with Crippen molar-refractivity contribution in [2.45, 2.75) is 32.2 Å². The first-order chi connectivity index (χ1) is 8.63. The minimum atomic E-state index is 0.271. The number of amidine groups is 1. The van der Waals surface area contributed by atoms with Gasteiger partial charge in [0.25, 0.3) is 0 Å². The maximum atomic E-state index is 8.39. The fourth-order valence-corrected chi connectivity index (χ4v) is 1.89. The number of nitrogens with zero attached hydrogens (tertiary/aromatic N) is 1. The van der Waals surface area contributed by atoms with E-state index in [2.05, 4.69) is 23.5 Å². The summed E-state index contributed by atoms with van der Waals surface area (Å²) in [7, 11) is 0.